The third-order valence-electron chi connectivity index (χ3n) is 3.41. The van der Waals surface area contributed by atoms with Crippen LogP contribution in [-0.2, 0) is 16.8 Å². The van der Waals surface area contributed by atoms with Crippen molar-refractivity contribution in [2.24, 2.45) is 0 Å². The first kappa shape index (κ1) is 15.5. The molecule has 0 fully saturated rings. The third kappa shape index (κ3) is 4.27. The molecule has 0 aliphatic rings. The van der Waals surface area contributed by atoms with Crippen molar-refractivity contribution < 1.29 is 9.53 Å². The number of hydrogen-bond donors (Lipinski definition) is 0. The van der Waals surface area contributed by atoms with Crippen LogP contribution in [0.3, 0.4) is 0 Å². The average Bonchev–Trinajstić information content (AvgIpc) is 2.47. The zero-order valence-corrected chi connectivity index (χ0v) is 12.9. The van der Waals surface area contributed by atoms with Crippen molar-refractivity contribution in [2.75, 3.05) is 6.61 Å². The normalized spacial score (nSPS) is 11.4. The van der Waals surface area contributed by atoms with E-state index in [9.17, 15) is 4.79 Å². The molecule has 0 amide bonds. The molecule has 0 radical (unpaired) electrons. The van der Waals surface area contributed by atoms with Gasteiger partial charge in [-0.2, -0.15) is 0 Å². The number of hydrogen-bond acceptors (Lipinski definition) is 2. The number of Topliss-reactive ketones (excluding diaryl/α,β-unsaturated/α-hetero) is 1. The molecule has 0 bridgehead atoms. The molecular weight excluding hydrogens is 260 g/mol. The van der Waals surface area contributed by atoms with Crippen molar-refractivity contribution >= 4 is 5.78 Å². The molecule has 0 aliphatic carbocycles. The molecule has 0 atom stereocenters. The highest BCUT2D eigenvalue weighted by molar-refractivity contribution is 5.96. The Kier molecular flexibility index (Phi) is 4.92. The van der Waals surface area contributed by atoms with Gasteiger partial charge in [-0.1, -0.05) is 75.4 Å². The molecule has 0 unspecified atom stereocenters. The number of ketones is 1. The van der Waals surface area contributed by atoms with Gasteiger partial charge in [0.05, 0.1) is 6.61 Å². The van der Waals surface area contributed by atoms with E-state index in [-0.39, 0.29) is 17.8 Å². The van der Waals surface area contributed by atoms with Gasteiger partial charge in [-0.3, -0.25) is 4.79 Å². The lowest BCUT2D eigenvalue weighted by molar-refractivity contribution is 0.0724. The molecular formula is C19H22O2. The zero-order valence-electron chi connectivity index (χ0n) is 12.9. The Morgan fingerprint density at radius 2 is 1.57 bits per heavy atom. The number of ether oxygens (including phenoxy) is 1. The molecule has 2 rings (SSSR count). The number of carbonyl (C=O) groups is 1. The van der Waals surface area contributed by atoms with Crippen LogP contribution in [0.15, 0.2) is 54.6 Å². The van der Waals surface area contributed by atoms with Gasteiger partial charge in [0, 0.05) is 5.56 Å². The van der Waals surface area contributed by atoms with E-state index in [2.05, 4.69) is 32.9 Å². The maximum atomic E-state index is 12.0. The van der Waals surface area contributed by atoms with Gasteiger partial charge in [0.15, 0.2) is 5.78 Å². The summed E-state index contributed by atoms with van der Waals surface area (Å²) in [5.74, 6) is 0.0174. The van der Waals surface area contributed by atoms with Gasteiger partial charge in [0.25, 0.3) is 0 Å². The Balaban J connectivity index is 1.97. The molecule has 0 saturated heterocycles. The molecule has 2 aromatic rings. The Hall–Kier alpha value is -1.93. The molecule has 2 nitrogen and oxygen atoms in total. The molecule has 0 spiro atoms. The summed E-state index contributed by atoms with van der Waals surface area (Å²) in [4.78, 5) is 12.0. The predicted molar refractivity (Wildman–Crippen MR) is 85.6 cm³/mol. The van der Waals surface area contributed by atoms with E-state index < -0.39 is 0 Å². The minimum Gasteiger partial charge on any atom is -0.369 e. The van der Waals surface area contributed by atoms with Crippen LogP contribution in [-0.4, -0.2) is 12.4 Å². The number of rotatable bonds is 5. The first-order valence-electron chi connectivity index (χ1n) is 7.23. The molecule has 2 heteroatoms. The average molecular weight is 282 g/mol. The summed E-state index contributed by atoms with van der Waals surface area (Å²) in [6, 6.07) is 17.5. The zero-order chi connectivity index (χ0) is 15.3. The van der Waals surface area contributed by atoms with Crippen LogP contribution >= 0.6 is 0 Å². The van der Waals surface area contributed by atoms with Crippen molar-refractivity contribution in [1.82, 2.24) is 0 Å². The van der Waals surface area contributed by atoms with Gasteiger partial charge >= 0.3 is 0 Å². The second kappa shape index (κ2) is 6.68. The topological polar surface area (TPSA) is 26.3 Å². The molecule has 0 N–H and O–H groups in total. The highest BCUT2D eigenvalue weighted by atomic mass is 16.5. The highest BCUT2D eigenvalue weighted by Crippen LogP contribution is 2.26. The largest absolute Gasteiger partial charge is 0.369 e. The molecule has 0 heterocycles. The molecule has 21 heavy (non-hydrogen) atoms. The quantitative estimate of drug-likeness (QED) is 0.761. The number of benzene rings is 2. The Labute approximate surface area is 126 Å². The second-order valence-electron chi connectivity index (χ2n) is 6.19. The van der Waals surface area contributed by atoms with E-state index in [4.69, 9.17) is 4.74 Å². The van der Waals surface area contributed by atoms with Crippen molar-refractivity contribution in [3.05, 3.63) is 71.3 Å². The van der Waals surface area contributed by atoms with Gasteiger partial charge in [0.2, 0.25) is 0 Å². The molecule has 0 aliphatic heterocycles. The maximum absolute atomic E-state index is 12.0. The van der Waals surface area contributed by atoms with Crippen LogP contribution in [0, 0.1) is 0 Å². The van der Waals surface area contributed by atoms with Crippen molar-refractivity contribution in [3.8, 4) is 0 Å². The smallest absolute Gasteiger partial charge is 0.188 e. The summed E-state index contributed by atoms with van der Waals surface area (Å²) in [6.45, 7) is 7.12. The third-order valence-corrected chi connectivity index (χ3v) is 3.41. The van der Waals surface area contributed by atoms with E-state index in [1.165, 1.54) is 5.56 Å². The fraction of sp³-hybridized carbons (Fsp3) is 0.316. The Morgan fingerprint density at radius 3 is 2.24 bits per heavy atom. The van der Waals surface area contributed by atoms with Crippen LogP contribution in [0.25, 0.3) is 0 Å². The van der Waals surface area contributed by atoms with Gasteiger partial charge < -0.3 is 4.74 Å². The van der Waals surface area contributed by atoms with Crippen LogP contribution < -0.4 is 0 Å². The minimum atomic E-state index is 0.0174. The van der Waals surface area contributed by atoms with Crippen molar-refractivity contribution in [1.29, 1.82) is 0 Å². The van der Waals surface area contributed by atoms with Crippen molar-refractivity contribution in [2.45, 2.75) is 32.8 Å². The van der Waals surface area contributed by atoms with E-state index in [0.29, 0.717) is 12.2 Å². The molecule has 2 aromatic carbocycles. The SMILES string of the molecule is CC(C)(C)c1ccccc1COCC(=O)c1ccccc1. The van der Waals surface area contributed by atoms with Crippen LogP contribution in [0.4, 0.5) is 0 Å². The molecule has 0 saturated carbocycles. The summed E-state index contributed by atoms with van der Waals surface area (Å²) in [5.41, 5.74) is 3.17. The second-order valence-corrected chi connectivity index (χ2v) is 6.19. The lowest BCUT2D eigenvalue weighted by atomic mass is 9.84. The first-order valence-corrected chi connectivity index (χ1v) is 7.23. The summed E-state index contributed by atoms with van der Waals surface area (Å²) in [7, 11) is 0. The maximum Gasteiger partial charge on any atom is 0.188 e. The van der Waals surface area contributed by atoms with Gasteiger partial charge in [0.1, 0.15) is 6.61 Å². The summed E-state index contributed by atoms with van der Waals surface area (Å²) < 4.78 is 5.62. The fourth-order valence-electron chi connectivity index (χ4n) is 2.34. The van der Waals surface area contributed by atoms with Crippen molar-refractivity contribution in [3.63, 3.8) is 0 Å². The minimum absolute atomic E-state index is 0.0174. The van der Waals surface area contributed by atoms with Crippen LogP contribution in [0.1, 0.15) is 42.3 Å². The van der Waals surface area contributed by atoms with Crippen LogP contribution in [0.2, 0.25) is 0 Å². The summed E-state index contributed by atoms with van der Waals surface area (Å²) in [5, 5.41) is 0. The van der Waals surface area contributed by atoms with E-state index in [0.717, 1.165) is 5.56 Å². The van der Waals surface area contributed by atoms with E-state index in [1.54, 1.807) is 0 Å². The number of carbonyl (C=O) groups excluding carboxylic acids is 1. The lowest BCUT2D eigenvalue weighted by Gasteiger charge is -2.22. The lowest BCUT2D eigenvalue weighted by Crippen LogP contribution is -2.16. The molecule has 110 valence electrons. The first-order chi connectivity index (χ1) is 9.98. The Bertz CT molecular complexity index is 594. The van der Waals surface area contributed by atoms with E-state index >= 15 is 0 Å². The van der Waals surface area contributed by atoms with Gasteiger partial charge in [-0.25, -0.2) is 0 Å². The van der Waals surface area contributed by atoms with Gasteiger partial charge in [-0.05, 0) is 16.5 Å². The van der Waals surface area contributed by atoms with Gasteiger partial charge in [-0.15, -0.1) is 0 Å². The predicted octanol–water partition coefficient (Wildman–Crippen LogP) is 4.38. The summed E-state index contributed by atoms with van der Waals surface area (Å²) >= 11 is 0. The standard InChI is InChI=1S/C19H22O2/c1-19(2,3)17-12-8-7-11-16(17)13-21-14-18(20)15-9-5-4-6-10-15/h4-12H,13-14H2,1-3H3. The monoisotopic (exact) mass is 282 g/mol. The van der Waals surface area contributed by atoms with Crippen LogP contribution in [0.5, 0.6) is 0 Å². The fourth-order valence-corrected chi connectivity index (χ4v) is 2.34. The van der Waals surface area contributed by atoms with E-state index in [1.807, 2.05) is 42.5 Å². The summed E-state index contributed by atoms with van der Waals surface area (Å²) in [6.07, 6.45) is 0. The molecule has 0 aromatic heterocycles. The Morgan fingerprint density at radius 1 is 0.952 bits per heavy atom. The highest BCUT2D eigenvalue weighted by Gasteiger charge is 2.17.